The summed E-state index contributed by atoms with van der Waals surface area (Å²) in [6.45, 7) is 0. The van der Waals surface area contributed by atoms with E-state index < -0.39 is 0 Å². The van der Waals surface area contributed by atoms with Crippen LogP contribution in [0.1, 0.15) is 0 Å². The maximum atomic E-state index is 7.08. The van der Waals surface area contributed by atoms with Crippen molar-refractivity contribution >= 4 is 76.2 Å². The quantitative estimate of drug-likeness (QED) is 0.1000. The molecule has 4 heterocycles. The zero-order chi connectivity index (χ0) is 80.6. The normalized spacial score (nSPS) is 11.6. The first kappa shape index (κ1) is 70.9. The molecular weight excluding hydrogens is 1490 g/mol. The van der Waals surface area contributed by atoms with Gasteiger partial charge in [-0.3, -0.25) is 0 Å². The molecule has 0 saturated heterocycles. The molecule has 0 amide bonds. The number of furan rings is 2. The second kappa shape index (κ2) is 29.9. The molecule has 0 spiro atoms. The number of benzene rings is 19. The predicted octanol–water partition coefficient (Wildman–Crippen LogP) is 30.3. The minimum Gasteiger partial charge on any atom is -0.455 e. The van der Waals surface area contributed by atoms with Crippen LogP contribution in [-0.4, -0.2) is 29.9 Å². The number of hydrogen-bond acceptors (Lipinski definition) is 8. The Bertz CT molecular complexity index is 8030. The molecule has 0 N–H and O–H groups in total. The molecule has 0 radical (unpaired) electrons. The second-order valence-corrected chi connectivity index (χ2v) is 31.1. The maximum absolute atomic E-state index is 7.08. The fraction of sp³-hybridized carbons (Fsp3) is 0. The van der Waals surface area contributed by atoms with Gasteiger partial charge in [-0.05, 0) is 164 Å². The van der Waals surface area contributed by atoms with Crippen molar-refractivity contribution < 1.29 is 8.83 Å². The summed E-state index contributed by atoms with van der Waals surface area (Å²) in [7, 11) is 0. The van der Waals surface area contributed by atoms with Crippen LogP contribution in [0.5, 0.6) is 0 Å². The van der Waals surface area contributed by atoms with Gasteiger partial charge in [-0.25, -0.2) is 29.9 Å². The van der Waals surface area contributed by atoms with Crippen molar-refractivity contribution in [2.24, 2.45) is 0 Å². The van der Waals surface area contributed by atoms with E-state index in [1.807, 2.05) is 54.6 Å². The van der Waals surface area contributed by atoms with Crippen molar-refractivity contribution in [2.45, 2.75) is 0 Å². The Kier molecular flexibility index (Phi) is 17.4. The van der Waals surface area contributed by atoms with Gasteiger partial charge in [-0.1, -0.05) is 382 Å². The van der Waals surface area contributed by atoms with Crippen LogP contribution in [0.25, 0.3) is 245 Å². The van der Waals surface area contributed by atoms with Crippen LogP contribution in [0.15, 0.2) is 433 Å². The third-order valence-electron chi connectivity index (χ3n) is 23.9. The van der Waals surface area contributed by atoms with E-state index in [9.17, 15) is 0 Å². The molecule has 23 rings (SSSR count). The Hall–Kier alpha value is -16.4. The standard InChI is InChI=1S/C114H70N6O2/c1-5-25-71(26-6-1)83-36-20-37-85(68-83)112-116-110(79-31-11-4-12-32-79)119-114(120-112)99-47-22-42-92-93(43-21-44-94(92)99)96-45-24-50-104-105(96)101-48-23-46-98(107(101)122-104)95-65-63-88(90-39-15-16-40-91(90)95)77-59-55-75(56-60-77)82-35-19-34-81(67-82)74-53-51-72(52-54-74)73-57-61-80(62-58-73)111-115-109(78-29-9-3-10-30-78)117-113(118-111)86-69-84-33-13-14-38-87(84)102(70-86)97-66-64-89(76-27-7-2-8-28-76)108-106(97)100-41-17-18-49-103(100)121-108/h1-70H. The van der Waals surface area contributed by atoms with E-state index in [1.165, 1.54) is 0 Å². The predicted molar refractivity (Wildman–Crippen MR) is 502 cm³/mol. The lowest BCUT2D eigenvalue weighted by molar-refractivity contribution is 0.669. The van der Waals surface area contributed by atoms with Gasteiger partial charge in [0.25, 0.3) is 0 Å². The Morgan fingerprint density at radius 2 is 0.475 bits per heavy atom. The Morgan fingerprint density at radius 3 is 1.10 bits per heavy atom. The monoisotopic (exact) mass is 1550 g/mol. The lowest BCUT2D eigenvalue weighted by Gasteiger charge is -2.14. The highest BCUT2D eigenvalue weighted by molar-refractivity contribution is 6.21. The number of rotatable bonds is 15. The molecule has 122 heavy (non-hydrogen) atoms. The number of aromatic nitrogens is 6. The molecule has 8 nitrogen and oxygen atoms in total. The molecule has 0 fully saturated rings. The number of para-hydroxylation sites is 2. The molecule has 23 aromatic rings. The first-order valence-electron chi connectivity index (χ1n) is 41.2. The third kappa shape index (κ3) is 12.7. The highest BCUT2D eigenvalue weighted by Gasteiger charge is 2.25. The maximum Gasteiger partial charge on any atom is 0.164 e. The van der Waals surface area contributed by atoms with Crippen molar-refractivity contribution in [1.29, 1.82) is 0 Å². The van der Waals surface area contributed by atoms with Gasteiger partial charge in [0.05, 0.1) is 0 Å². The summed E-state index contributed by atoms with van der Waals surface area (Å²) in [4.78, 5) is 31.4. The highest BCUT2D eigenvalue weighted by Crippen LogP contribution is 2.49. The summed E-state index contributed by atoms with van der Waals surface area (Å²) in [6, 6.07) is 150. The first-order chi connectivity index (χ1) is 60.4. The summed E-state index contributed by atoms with van der Waals surface area (Å²) in [5.41, 5.74) is 28.7. The minimum absolute atomic E-state index is 0.585. The molecule has 0 aliphatic carbocycles. The summed E-state index contributed by atoms with van der Waals surface area (Å²) in [5, 5.41) is 10.9. The summed E-state index contributed by atoms with van der Waals surface area (Å²) >= 11 is 0. The molecule has 4 aromatic heterocycles. The zero-order valence-electron chi connectivity index (χ0n) is 65.9. The Morgan fingerprint density at radius 1 is 0.139 bits per heavy atom. The van der Waals surface area contributed by atoms with Gasteiger partial charge in [-0.2, -0.15) is 0 Å². The number of nitrogens with zero attached hydrogens (tertiary/aromatic N) is 6. The molecule has 0 aliphatic rings. The van der Waals surface area contributed by atoms with Crippen LogP contribution in [0.4, 0.5) is 0 Å². The molecular formula is C114H70N6O2. The van der Waals surface area contributed by atoms with Crippen LogP contribution in [-0.2, 0) is 0 Å². The van der Waals surface area contributed by atoms with Crippen LogP contribution in [0.3, 0.4) is 0 Å². The van der Waals surface area contributed by atoms with Crippen LogP contribution >= 0.6 is 0 Å². The van der Waals surface area contributed by atoms with Crippen LogP contribution in [0, 0.1) is 0 Å². The van der Waals surface area contributed by atoms with Crippen molar-refractivity contribution in [3.8, 4) is 168 Å². The van der Waals surface area contributed by atoms with Crippen molar-refractivity contribution in [3.05, 3.63) is 425 Å². The van der Waals surface area contributed by atoms with E-state index in [1.54, 1.807) is 0 Å². The van der Waals surface area contributed by atoms with E-state index in [0.717, 1.165) is 210 Å². The largest absolute Gasteiger partial charge is 0.455 e. The van der Waals surface area contributed by atoms with Gasteiger partial charge in [0.2, 0.25) is 0 Å². The van der Waals surface area contributed by atoms with E-state index in [0.29, 0.717) is 34.9 Å². The van der Waals surface area contributed by atoms with Gasteiger partial charge in [0.1, 0.15) is 22.3 Å². The van der Waals surface area contributed by atoms with Crippen molar-refractivity contribution in [2.75, 3.05) is 0 Å². The van der Waals surface area contributed by atoms with E-state index in [-0.39, 0.29) is 0 Å². The lowest BCUT2D eigenvalue weighted by Crippen LogP contribution is -2.00. The molecule has 0 unspecified atom stereocenters. The smallest absolute Gasteiger partial charge is 0.164 e. The number of hydrogen-bond donors (Lipinski definition) is 0. The molecule has 8 heteroatoms. The van der Waals surface area contributed by atoms with Gasteiger partial charge < -0.3 is 8.83 Å². The zero-order valence-corrected chi connectivity index (χ0v) is 65.9. The van der Waals surface area contributed by atoms with Gasteiger partial charge in [0, 0.05) is 66.1 Å². The second-order valence-electron chi connectivity index (χ2n) is 31.1. The molecule has 568 valence electrons. The molecule has 0 atom stereocenters. The summed E-state index contributed by atoms with van der Waals surface area (Å²) in [6.07, 6.45) is 0. The highest BCUT2D eigenvalue weighted by atomic mass is 16.3. The van der Waals surface area contributed by atoms with E-state index in [4.69, 9.17) is 38.7 Å². The van der Waals surface area contributed by atoms with Gasteiger partial charge in [0.15, 0.2) is 34.9 Å². The van der Waals surface area contributed by atoms with Crippen molar-refractivity contribution in [1.82, 2.24) is 29.9 Å². The average Bonchev–Trinajstić information content (AvgIpc) is 1.53. The Balaban J connectivity index is 0.519. The SMILES string of the molecule is c1ccc(-c2cccc(-c3nc(-c4ccccc4)nc(-c4cccc5c(-c6cccc7oc8c(-c9ccc(-c%10ccc(-c%11cccc(-c%12ccc(-c%13ccc(-c%14nc(-c%15ccccc%15)nc(-c%15cc(-c%16ccc(-c%17ccccc%17)c%17oc%18ccccc%18c%16%17)c%16ccccc%16c%15)n%14)cc%13)cc%12)c%11)cc%10)c%10ccccc9%10)cccc8c67)cccc45)n3)c2)cc1. The average molecular weight is 1560 g/mol. The van der Waals surface area contributed by atoms with Gasteiger partial charge >= 0.3 is 0 Å². The van der Waals surface area contributed by atoms with E-state index >= 15 is 0 Å². The fourth-order valence-electron chi connectivity index (χ4n) is 17.9. The van der Waals surface area contributed by atoms with Crippen LogP contribution < -0.4 is 0 Å². The summed E-state index contributed by atoms with van der Waals surface area (Å²) in [5.74, 6) is 3.60. The first-order valence-corrected chi connectivity index (χ1v) is 41.2. The summed E-state index contributed by atoms with van der Waals surface area (Å²) < 4.78 is 13.9. The topological polar surface area (TPSA) is 104 Å². The third-order valence-corrected chi connectivity index (χ3v) is 23.9. The van der Waals surface area contributed by atoms with Crippen LogP contribution in [0.2, 0.25) is 0 Å². The fourth-order valence-corrected chi connectivity index (χ4v) is 17.9. The molecule has 0 saturated carbocycles. The minimum atomic E-state index is 0.585. The molecule has 19 aromatic carbocycles. The van der Waals surface area contributed by atoms with Crippen molar-refractivity contribution in [3.63, 3.8) is 0 Å². The Labute approximate surface area is 703 Å². The number of fused-ring (bicyclic) bond motifs is 9. The van der Waals surface area contributed by atoms with E-state index in [2.05, 4.69) is 370 Å². The van der Waals surface area contributed by atoms with Gasteiger partial charge in [-0.15, -0.1) is 0 Å². The lowest BCUT2D eigenvalue weighted by atomic mass is 9.90. The molecule has 0 aliphatic heterocycles. The molecule has 0 bridgehead atoms.